The number of cyclic esters (lactones) is 1. The van der Waals surface area contributed by atoms with Crippen molar-refractivity contribution in [2.45, 2.75) is 56.9 Å². The van der Waals surface area contributed by atoms with E-state index in [1.54, 1.807) is 6.34 Å². The Morgan fingerprint density at radius 2 is 2.03 bits per heavy atom. The number of morpholine rings is 1. The summed E-state index contributed by atoms with van der Waals surface area (Å²) in [6, 6.07) is 8.38. The van der Waals surface area contributed by atoms with Crippen LogP contribution < -0.4 is 4.90 Å². The van der Waals surface area contributed by atoms with Crippen LogP contribution in [-0.4, -0.2) is 84.1 Å². The number of carbonyl (C=O) groups excluding carboxylic acids is 2. The minimum Gasteiger partial charge on any atom is -0.457 e. The van der Waals surface area contributed by atoms with Crippen LogP contribution in [0.5, 0.6) is 0 Å². The molecular formula is C29H32N6O4. The van der Waals surface area contributed by atoms with Crippen molar-refractivity contribution in [2.75, 3.05) is 37.7 Å². The van der Waals surface area contributed by atoms with Crippen molar-refractivity contribution in [1.82, 2.24) is 14.8 Å². The predicted molar refractivity (Wildman–Crippen MR) is 145 cm³/mol. The Labute approximate surface area is 227 Å². The van der Waals surface area contributed by atoms with Gasteiger partial charge in [-0.15, -0.1) is 5.10 Å². The molecule has 0 radical (unpaired) electrons. The highest BCUT2D eigenvalue weighted by Crippen LogP contribution is 2.37. The number of pyridine rings is 1. The fourth-order valence-electron chi connectivity index (χ4n) is 6.48. The summed E-state index contributed by atoms with van der Waals surface area (Å²) in [7, 11) is 0. The number of fused-ring (bicyclic) bond motifs is 3. The van der Waals surface area contributed by atoms with Crippen molar-refractivity contribution in [3.8, 4) is 0 Å². The molecule has 2 fully saturated rings. The van der Waals surface area contributed by atoms with E-state index in [-0.39, 0.29) is 36.0 Å². The minimum absolute atomic E-state index is 0.0463. The molecule has 10 heteroatoms. The maximum absolute atomic E-state index is 13.7. The Balaban J connectivity index is 0.998. The fourth-order valence-corrected chi connectivity index (χ4v) is 6.48. The number of aryl methyl sites for hydroxylation is 1. The molecule has 1 unspecified atom stereocenters. The predicted octanol–water partition coefficient (Wildman–Crippen LogP) is 2.68. The first-order valence-corrected chi connectivity index (χ1v) is 13.8. The molecule has 1 aromatic heterocycles. The Hall–Kier alpha value is -3.63. The number of aromatic nitrogens is 1. The average molecular weight is 529 g/mol. The molecule has 2 aromatic rings. The van der Waals surface area contributed by atoms with E-state index in [0.717, 1.165) is 54.9 Å². The monoisotopic (exact) mass is 528 g/mol. The first kappa shape index (κ1) is 24.4. The summed E-state index contributed by atoms with van der Waals surface area (Å²) in [5, 5.41) is 8.10. The normalized spacial score (nSPS) is 28.1. The second-order valence-corrected chi connectivity index (χ2v) is 11.1. The van der Waals surface area contributed by atoms with Crippen LogP contribution in [0.2, 0.25) is 0 Å². The van der Waals surface area contributed by atoms with Gasteiger partial charge in [-0.1, -0.05) is 6.07 Å². The molecule has 1 aromatic carbocycles. The smallest absolute Gasteiger partial charge is 0.338 e. The van der Waals surface area contributed by atoms with Crippen LogP contribution in [0.15, 0.2) is 40.7 Å². The molecule has 1 aliphatic carbocycles. The van der Waals surface area contributed by atoms with Crippen molar-refractivity contribution in [3.05, 3.63) is 58.3 Å². The number of anilines is 1. The summed E-state index contributed by atoms with van der Waals surface area (Å²) < 4.78 is 11.4. The number of ether oxygens (including phenoxy) is 2. The molecule has 10 nitrogen and oxygen atoms in total. The number of amides is 1. The molecule has 5 aliphatic rings. The maximum atomic E-state index is 13.7. The SMILES string of the molecule is C[C@@H]1CC=NN=CN1c1cc2c(cn1)C(C(=O)N1CCN3C[C@@H](c4ccc5c(c4)COC5=O)OC[C@@H]3C1)CC2. The van der Waals surface area contributed by atoms with Crippen LogP contribution in [0.4, 0.5) is 5.82 Å². The van der Waals surface area contributed by atoms with Gasteiger partial charge in [0.05, 0.1) is 30.2 Å². The summed E-state index contributed by atoms with van der Waals surface area (Å²) in [5.74, 6) is 0.667. The van der Waals surface area contributed by atoms with Crippen LogP contribution in [0.1, 0.15) is 64.4 Å². The van der Waals surface area contributed by atoms with Gasteiger partial charge in [-0.2, -0.15) is 5.10 Å². The Morgan fingerprint density at radius 1 is 1.10 bits per heavy atom. The van der Waals surface area contributed by atoms with Crippen LogP contribution in [0, 0.1) is 0 Å². The molecule has 0 bridgehead atoms. The highest BCUT2D eigenvalue weighted by atomic mass is 16.5. The van der Waals surface area contributed by atoms with Gasteiger partial charge in [0.25, 0.3) is 0 Å². The van der Waals surface area contributed by atoms with Crippen LogP contribution in [-0.2, 0) is 27.3 Å². The summed E-state index contributed by atoms with van der Waals surface area (Å²) in [6.45, 7) is 6.04. The molecule has 0 saturated carbocycles. The van der Waals surface area contributed by atoms with Crippen LogP contribution in [0.3, 0.4) is 0 Å². The van der Waals surface area contributed by atoms with Crippen molar-refractivity contribution >= 4 is 30.2 Å². The third-order valence-electron chi connectivity index (χ3n) is 8.78. The lowest BCUT2D eigenvalue weighted by molar-refractivity contribution is -0.141. The number of hydrogen-bond acceptors (Lipinski definition) is 9. The van der Waals surface area contributed by atoms with Crippen molar-refractivity contribution < 1.29 is 19.1 Å². The molecular weight excluding hydrogens is 496 g/mol. The topological polar surface area (TPSA) is 99.9 Å². The molecule has 202 valence electrons. The van der Waals surface area contributed by atoms with Gasteiger partial charge in [0.15, 0.2) is 0 Å². The summed E-state index contributed by atoms with van der Waals surface area (Å²) in [6.07, 6.45) is 7.91. The Kier molecular flexibility index (Phi) is 6.16. The zero-order valence-electron chi connectivity index (χ0n) is 22.0. The van der Waals surface area contributed by atoms with E-state index in [9.17, 15) is 9.59 Å². The lowest BCUT2D eigenvalue weighted by atomic mass is 9.98. The molecule has 0 N–H and O–H groups in total. The van der Waals surface area contributed by atoms with E-state index in [1.807, 2.05) is 40.4 Å². The lowest BCUT2D eigenvalue weighted by Crippen LogP contribution is -2.60. The number of rotatable bonds is 3. The fraction of sp³-hybridized carbons (Fsp3) is 0.483. The second-order valence-electron chi connectivity index (χ2n) is 11.1. The van der Waals surface area contributed by atoms with Gasteiger partial charge in [-0.3, -0.25) is 9.69 Å². The maximum Gasteiger partial charge on any atom is 0.338 e. The van der Waals surface area contributed by atoms with E-state index in [4.69, 9.17) is 14.5 Å². The van der Waals surface area contributed by atoms with Crippen molar-refractivity contribution in [3.63, 3.8) is 0 Å². The largest absolute Gasteiger partial charge is 0.457 e. The molecule has 39 heavy (non-hydrogen) atoms. The van der Waals surface area contributed by atoms with Crippen molar-refractivity contribution in [2.24, 2.45) is 10.2 Å². The number of benzene rings is 1. The van der Waals surface area contributed by atoms with Gasteiger partial charge in [0, 0.05) is 56.6 Å². The Bertz CT molecular complexity index is 1380. The number of carbonyl (C=O) groups is 2. The number of hydrogen-bond donors (Lipinski definition) is 0. The average Bonchev–Trinajstić information content (AvgIpc) is 3.49. The zero-order chi connectivity index (χ0) is 26.5. The van der Waals surface area contributed by atoms with Crippen LogP contribution in [0.25, 0.3) is 0 Å². The van der Waals surface area contributed by atoms with Gasteiger partial charge in [-0.05, 0) is 54.7 Å². The summed E-state index contributed by atoms with van der Waals surface area (Å²) in [4.78, 5) is 36.7. The molecule has 2 saturated heterocycles. The van der Waals surface area contributed by atoms with Gasteiger partial charge in [0.2, 0.25) is 5.91 Å². The lowest BCUT2D eigenvalue weighted by Gasteiger charge is -2.46. The first-order chi connectivity index (χ1) is 19.0. The standard InChI is InChI=1S/C29H32N6O4/c1-18-6-7-31-32-17-35(18)27-11-19-2-5-24(25(19)12-30-27)28(36)34-9-8-33-14-26(38-16-22(33)13-34)20-3-4-23-21(10-20)15-39-29(23)37/h3-4,7,10-12,17-18,22,24,26H,2,5-6,8-9,13-16H2,1H3/t18-,22+,24?,26+/m1/s1. The molecule has 5 heterocycles. The van der Waals surface area contributed by atoms with Gasteiger partial charge >= 0.3 is 5.97 Å². The number of piperazine rings is 1. The third kappa shape index (κ3) is 4.41. The van der Waals surface area contributed by atoms with E-state index in [1.165, 1.54) is 5.56 Å². The molecule has 4 atom stereocenters. The quantitative estimate of drug-likeness (QED) is 0.565. The first-order valence-electron chi connectivity index (χ1n) is 13.8. The second kappa shape index (κ2) is 9.84. The molecule has 0 spiro atoms. The molecule has 4 aliphatic heterocycles. The summed E-state index contributed by atoms with van der Waals surface area (Å²) in [5.41, 5.74) is 4.92. The highest BCUT2D eigenvalue weighted by Gasteiger charge is 2.39. The van der Waals surface area contributed by atoms with Crippen molar-refractivity contribution in [1.29, 1.82) is 0 Å². The highest BCUT2D eigenvalue weighted by molar-refractivity contribution is 5.93. The summed E-state index contributed by atoms with van der Waals surface area (Å²) >= 11 is 0. The van der Waals surface area contributed by atoms with Crippen LogP contribution >= 0.6 is 0 Å². The third-order valence-corrected chi connectivity index (χ3v) is 8.78. The van der Waals surface area contributed by atoms with Gasteiger partial charge in [-0.25, -0.2) is 9.78 Å². The zero-order valence-corrected chi connectivity index (χ0v) is 22.0. The van der Waals surface area contributed by atoms with Gasteiger partial charge < -0.3 is 19.3 Å². The molecule has 1 amide bonds. The van der Waals surface area contributed by atoms with E-state index in [0.29, 0.717) is 31.9 Å². The van der Waals surface area contributed by atoms with Gasteiger partial charge in [0.1, 0.15) is 18.8 Å². The number of esters is 1. The Morgan fingerprint density at radius 3 is 2.95 bits per heavy atom. The number of nitrogens with zero attached hydrogens (tertiary/aromatic N) is 6. The molecule has 7 rings (SSSR count). The minimum atomic E-state index is -0.250. The van der Waals surface area contributed by atoms with E-state index < -0.39 is 0 Å². The van der Waals surface area contributed by atoms with E-state index >= 15 is 0 Å². The van der Waals surface area contributed by atoms with E-state index in [2.05, 4.69) is 28.1 Å².